The highest BCUT2D eigenvalue weighted by molar-refractivity contribution is 6.17. The molecule has 0 aliphatic heterocycles. The van der Waals surface area contributed by atoms with E-state index in [0.717, 1.165) is 11.1 Å². The first-order chi connectivity index (χ1) is 9.22. The van der Waals surface area contributed by atoms with Gasteiger partial charge in [0.15, 0.2) is 0 Å². The fraction of sp³-hybridized carbons (Fsp3) is 0.0625. The number of hydrogen-bond acceptors (Lipinski definition) is 1. The Kier molecular flexibility index (Phi) is 4.22. The Bertz CT molecular complexity index is 643. The largest absolute Gasteiger partial charge is 0.322 e. The molecule has 0 aliphatic carbocycles. The number of benzene rings is 2. The Hall–Kier alpha value is -2.24. The Morgan fingerprint density at radius 1 is 1.21 bits per heavy atom. The quantitative estimate of drug-likeness (QED) is 0.669. The number of halogens is 1. The topological polar surface area (TPSA) is 29.1 Å². The third kappa shape index (κ3) is 3.37. The zero-order valence-electron chi connectivity index (χ0n) is 10.2. The van der Waals surface area contributed by atoms with Crippen molar-refractivity contribution in [1.82, 2.24) is 0 Å². The summed E-state index contributed by atoms with van der Waals surface area (Å²) in [6, 6.07) is 14.4. The molecule has 2 aromatic rings. The van der Waals surface area contributed by atoms with E-state index in [-0.39, 0.29) is 5.91 Å². The van der Waals surface area contributed by atoms with Crippen LogP contribution in [0.5, 0.6) is 0 Å². The number of hydrogen-bond donors (Lipinski definition) is 1. The van der Waals surface area contributed by atoms with Crippen LogP contribution in [0.4, 0.5) is 5.69 Å². The summed E-state index contributed by atoms with van der Waals surface area (Å²) in [4.78, 5) is 12.1. The van der Waals surface area contributed by atoms with Crippen LogP contribution in [0.25, 0.3) is 0 Å². The predicted octanol–water partition coefficient (Wildman–Crippen LogP) is 3.66. The van der Waals surface area contributed by atoms with Crippen LogP contribution < -0.4 is 5.32 Å². The van der Waals surface area contributed by atoms with Crippen molar-refractivity contribution in [1.29, 1.82) is 0 Å². The Morgan fingerprint density at radius 3 is 2.74 bits per heavy atom. The minimum atomic E-state index is -0.180. The van der Waals surface area contributed by atoms with E-state index >= 15 is 0 Å². The molecule has 1 amide bonds. The number of alkyl halides is 1. The molecule has 0 radical (unpaired) electrons. The highest BCUT2D eigenvalue weighted by Crippen LogP contribution is 2.13. The van der Waals surface area contributed by atoms with Gasteiger partial charge in [-0.05, 0) is 35.9 Å². The molecule has 0 unspecified atom stereocenters. The molecule has 0 spiro atoms. The SMILES string of the molecule is C#Cc1cccc(NC(=O)c2cccc(CCl)c2)c1. The predicted molar refractivity (Wildman–Crippen MR) is 78.3 cm³/mol. The molecule has 19 heavy (non-hydrogen) atoms. The molecule has 0 bridgehead atoms. The maximum Gasteiger partial charge on any atom is 0.255 e. The van der Waals surface area contributed by atoms with Crippen molar-refractivity contribution >= 4 is 23.2 Å². The van der Waals surface area contributed by atoms with Gasteiger partial charge in [-0.25, -0.2) is 0 Å². The lowest BCUT2D eigenvalue weighted by molar-refractivity contribution is 0.102. The van der Waals surface area contributed by atoms with E-state index in [0.29, 0.717) is 17.1 Å². The van der Waals surface area contributed by atoms with Crippen molar-refractivity contribution < 1.29 is 4.79 Å². The van der Waals surface area contributed by atoms with Crippen LogP contribution in [-0.4, -0.2) is 5.91 Å². The van der Waals surface area contributed by atoms with E-state index < -0.39 is 0 Å². The molecule has 0 heterocycles. The molecule has 2 nitrogen and oxygen atoms in total. The van der Waals surface area contributed by atoms with Crippen LogP contribution in [0, 0.1) is 12.3 Å². The van der Waals surface area contributed by atoms with Gasteiger partial charge >= 0.3 is 0 Å². The van der Waals surface area contributed by atoms with Crippen molar-refractivity contribution in [2.24, 2.45) is 0 Å². The van der Waals surface area contributed by atoms with Gasteiger partial charge in [-0.1, -0.05) is 24.1 Å². The average Bonchev–Trinajstić information content (AvgIpc) is 2.47. The molecule has 1 N–H and O–H groups in total. The molecule has 94 valence electrons. The summed E-state index contributed by atoms with van der Waals surface area (Å²) in [6.45, 7) is 0. The van der Waals surface area contributed by atoms with Gasteiger partial charge in [-0.15, -0.1) is 18.0 Å². The van der Waals surface area contributed by atoms with E-state index in [1.807, 2.05) is 18.2 Å². The summed E-state index contributed by atoms with van der Waals surface area (Å²) in [5, 5.41) is 2.81. The van der Waals surface area contributed by atoms with Gasteiger partial charge in [-0.3, -0.25) is 4.79 Å². The summed E-state index contributed by atoms with van der Waals surface area (Å²) >= 11 is 5.75. The maximum absolute atomic E-state index is 12.1. The molecule has 0 aromatic heterocycles. The molecule has 0 saturated carbocycles. The third-order valence-electron chi connectivity index (χ3n) is 2.63. The van der Waals surface area contributed by atoms with Crippen molar-refractivity contribution in [2.45, 2.75) is 5.88 Å². The fourth-order valence-corrected chi connectivity index (χ4v) is 1.85. The van der Waals surface area contributed by atoms with E-state index in [1.54, 1.807) is 30.3 Å². The zero-order valence-corrected chi connectivity index (χ0v) is 10.9. The van der Waals surface area contributed by atoms with Crippen molar-refractivity contribution in [2.75, 3.05) is 5.32 Å². The lowest BCUT2D eigenvalue weighted by Gasteiger charge is -2.06. The average molecular weight is 270 g/mol. The Labute approximate surface area is 117 Å². The second-order valence-electron chi connectivity index (χ2n) is 4.01. The van der Waals surface area contributed by atoms with Gasteiger partial charge in [-0.2, -0.15) is 0 Å². The van der Waals surface area contributed by atoms with Gasteiger partial charge in [0.2, 0.25) is 0 Å². The van der Waals surface area contributed by atoms with E-state index in [2.05, 4.69) is 11.2 Å². The third-order valence-corrected chi connectivity index (χ3v) is 2.94. The second-order valence-corrected chi connectivity index (χ2v) is 4.28. The number of rotatable bonds is 3. The van der Waals surface area contributed by atoms with Crippen molar-refractivity contribution in [3.63, 3.8) is 0 Å². The summed E-state index contributed by atoms with van der Waals surface area (Å²) in [5.41, 5.74) is 2.89. The molecule has 0 atom stereocenters. The van der Waals surface area contributed by atoms with Crippen LogP contribution in [0.2, 0.25) is 0 Å². The second kappa shape index (κ2) is 6.08. The van der Waals surface area contributed by atoms with E-state index in [1.165, 1.54) is 0 Å². The molecule has 0 aliphatic rings. The molecule has 2 aromatic carbocycles. The molecule has 3 heteroatoms. The summed E-state index contributed by atoms with van der Waals surface area (Å²) in [6.07, 6.45) is 5.32. The van der Waals surface area contributed by atoms with Gasteiger partial charge < -0.3 is 5.32 Å². The number of terminal acetylenes is 1. The van der Waals surface area contributed by atoms with Crippen LogP contribution in [0.1, 0.15) is 21.5 Å². The molecule has 2 rings (SSSR count). The number of anilines is 1. The molecule has 0 saturated heterocycles. The number of amides is 1. The van der Waals surface area contributed by atoms with Crippen LogP contribution in [0.3, 0.4) is 0 Å². The molecular formula is C16H12ClNO. The molecule has 0 fully saturated rings. The molecular weight excluding hydrogens is 258 g/mol. The fourth-order valence-electron chi connectivity index (χ4n) is 1.69. The smallest absolute Gasteiger partial charge is 0.255 e. The zero-order chi connectivity index (χ0) is 13.7. The van der Waals surface area contributed by atoms with Crippen LogP contribution >= 0.6 is 11.6 Å². The standard InChI is InChI=1S/C16H12ClNO/c1-2-12-5-4-8-15(10-12)18-16(19)14-7-3-6-13(9-14)11-17/h1,3-10H,11H2,(H,18,19). The Morgan fingerprint density at radius 2 is 2.00 bits per heavy atom. The first kappa shape index (κ1) is 13.2. The Balaban J connectivity index is 2.18. The minimum absolute atomic E-state index is 0.180. The van der Waals surface area contributed by atoms with Crippen molar-refractivity contribution in [3.05, 3.63) is 65.2 Å². The van der Waals surface area contributed by atoms with Crippen molar-refractivity contribution in [3.8, 4) is 12.3 Å². The van der Waals surface area contributed by atoms with E-state index in [9.17, 15) is 4.79 Å². The van der Waals surface area contributed by atoms with Crippen LogP contribution in [0.15, 0.2) is 48.5 Å². The van der Waals surface area contributed by atoms with Gasteiger partial charge in [0.05, 0.1) is 0 Å². The van der Waals surface area contributed by atoms with Gasteiger partial charge in [0.1, 0.15) is 0 Å². The summed E-state index contributed by atoms with van der Waals surface area (Å²) < 4.78 is 0. The maximum atomic E-state index is 12.1. The highest BCUT2D eigenvalue weighted by atomic mass is 35.5. The first-order valence-electron chi connectivity index (χ1n) is 5.76. The van der Waals surface area contributed by atoms with Gasteiger partial charge in [0.25, 0.3) is 5.91 Å². The van der Waals surface area contributed by atoms with E-state index in [4.69, 9.17) is 18.0 Å². The normalized spacial score (nSPS) is 9.68. The van der Waals surface area contributed by atoms with Gasteiger partial charge in [0, 0.05) is 22.7 Å². The highest BCUT2D eigenvalue weighted by Gasteiger charge is 2.06. The monoisotopic (exact) mass is 269 g/mol. The number of carbonyl (C=O) groups is 1. The van der Waals surface area contributed by atoms with Crippen LogP contribution in [-0.2, 0) is 5.88 Å². The minimum Gasteiger partial charge on any atom is -0.322 e. The summed E-state index contributed by atoms with van der Waals surface area (Å²) in [5.74, 6) is 2.73. The number of carbonyl (C=O) groups excluding carboxylic acids is 1. The number of nitrogens with one attached hydrogen (secondary N) is 1. The lowest BCUT2D eigenvalue weighted by Crippen LogP contribution is -2.12. The first-order valence-corrected chi connectivity index (χ1v) is 6.29. The summed E-state index contributed by atoms with van der Waals surface area (Å²) in [7, 11) is 0. The lowest BCUT2D eigenvalue weighted by atomic mass is 10.1.